The highest BCUT2D eigenvalue weighted by Gasteiger charge is 2.38. The van der Waals surface area contributed by atoms with E-state index in [2.05, 4.69) is 31.0 Å². The number of hydrogen-bond acceptors (Lipinski definition) is 3. The lowest BCUT2D eigenvalue weighted by Gasteiger charge is -2.42. The van der Waals surface area contributed by atoms with Crippen molar-refractivity contribution in [3.63, 3.8) is 0 Å². The minimum absolute atomic E-state index is 0.462. The minimum atomic E-state index is -0.462. The first-order valence-corrected chi connectivity index (χ1v) is 8.49. The Morgan fingerprint density at radius 3 is 2.60 bits per heavy atom. The van der Waals surface area contributed by atoms with E-state index >= 15 is 0 Å². The van der Waals surface area contributed by atoms with Gasteiger partial charge in [-0.3, -0.25) is 0 Å². The van der Waals surface area contributed by atoms with Gasteiger partial charge in [0.15, 0.2) is 0 Å². The molecule has 2 aliphatic rings. The maximum Gasteiger partial charge on any atom is 0.0758 e. The fourth-order valence-corrected chi connectivity index (χ4v) is 4.05. The van der Waals surface area contributed by atoms with Gasteiger partial charge >= 0.3 is 0 Å². The first-order chi connectivity index (χ1) is 9.31. The van der Waals surface area contributed by atoms with Gasteiger partial charge in [0.2, 0.25) is 0 Å². The van der Waals surface area contributed by atoms with Gasteiger partial charge in [-0.05, 0) is 56.9 Å². The van der Waals surface area contributed by atoms with Crippen LogP contribution in [0.4, 0.5) is 0 Å². The largest absolute Gasteiger partial charge is 0.389 e. The molecule has 2 N–H and O–H groups in total. The summed E-state index contributed by atoms with van der Waals surface area (Å²) in [5, 5.41) is 13.9. The highest BCUT2D eigenvalue weighted by Crippen LogP contribution is 2.39. The molecule has 20 heavy (non-hydrogen) atoms. The van der Waals surface area contributed by atoms with Crippen LogP contribution in [0.3, 0.4) is 0 Å². The number of β-amino-alcohol motifs (C(OH)–C–C–N with tert-alkyl or cyclic N) is 1. The van der Waals surface area contributed by atoms with Gasteiger partial charge < -0.3 is 15.3 Å². The van der Waals surface area contributed by atoms with Crippen LogP contribution >= 0.6 is 0 Å². The standard InChI is InChI=1S/C17H34N2O/c1-5-9-18-15-6-7-16(2,3)11-14(15)12-19-10-8-17(4,20)13-19/h14-15,18,20H,5-13H2,1-4H3. The number of aliphatic hydroxyl groups is 1. The average Bonchev–Trinajstić information content (AvgIpc) is 2.67. The third kappa shape index (κ3) is 4.44. The van der Waals surface area contributed by atoms with Gasteiger partial charge in [0, 0.05) is 25.7 Å². The lowest BCUT2D eigenvalue weighted by Crippen LogP contribution is -2.47. The lowest BCUT2D eigenvalue weighted by atomic mass is 9.69. The van der Waals surface area contributed by atoms with Gasteiger partial charge in [-0.25, -0.2) is 0 Å². The van der Waals surface area contributed by atoms with E-state index in [9.17, 15) is 5.11 Å². The molecule has 1 heterocycles. The molecule has 0 bridgehead atoms. The minimum Gasteiger partial charge on any atom is -0.389 e. The number of rotatable bonds is 5. The second kappa shape index (κ2) is 6.33. The third-order valence-electron chi connectivity index (χ3n) is 5.20. The van der Waals surface area contributed by atoms with Crippen LogP contribution in [0.5, 0.6) is 0 Å². The number of nitrogens with zero attached hydrogens (tertiary/aromatic N) is 1. The van der Waals surface area contributed by atoms with Crippen molar-refractivity contribution in [2.24, 2.45) is 11.3 Å². The molecule has 2 fully saturated rings. The summed E-state index contributed by atoms with van der Waals surface area (Å²) in [5.41, 5.74) is 0.0217. The van der Waals surface area contributed by atoms with E-state index in [1.54, 1.807) is 0 Å². The highest BCUT2D eigenvalue weighted by atomic mass is 16.3. The van der Waals surface area contributed by atoms with E-state index in [4.69, 9.17) is 0 Å². The van der Waals surface area contributed by atoms with Crippen molar-refractivity contribution in [3.05, 3.63) is 0 Å². The molecule has 1 saturated heterocycles. The zero-order chi connectivity index (χ0) is 14.8. The van der Waals surface area contributed by atoms with E-state index in [1.165, 1.54) is 25.7 Å². The Morgan fingerprint density at radius 2 is 2.00 bits per heavy atom. The summed E-state index contributed by atoms with van der Waals surface area (Å²) in [6.07, 6.45) is 6.10. The Hall–Kier alpha value is -0.120. The number of likely N-dealkylation sites (tertiary alicyclic amines) is 1. The zero-order valence-electron chi connectivity index (χ0n) is 13.9. The van der Waals surface area contributed by atoms with Crippen LogP contribution in [0.15, 0.2) is 0 Å². The molecule has 0 radical (unpaired) electrons. The first-order valence-electron chi connectivity index (χ1n) is 8.49. The molecule has 0 spiro atoms. The lowest BCUT2D eigenvalue weighted by molar-refractivity contribution is 0.0578. The van der Waals surface area contributed by atoms with Crippen LogP contribution in [0.2, 0.25) is 0 Å². The fraction of sp³-hybridized carbons (Fsp3) is 1.00. The summed E-state index contributed by atoms with van der Waals surface area (Å²) >= 11 is 0. The van der Waals surface area contributed by atoms with Crippen molar-refractivity contribution >= 4 is 0 Å². The normalized spacial score (nSPS) is 38.2. The summed E-state index contributed by atoms with van der Waals surface area (Å²) in [7, 11) is 0. The summed E-state index contributed by atoms with van der Waals surface area (Å²) in [6.45, 7) is 13.2. The average molecular weight is 282 g/mol. The SMILES string of the molecule is CCCNC1CCC(C)(C)CC1CN1CCC(C)(O)C1. The second-order valence-corrected chi connectivity index (χ2v) is 8.21. The third-order valence-corrected chi connectivity index (χ3v) is 5.20. The molecule has 1 aliphatic carbocycles. The van der Waals surface area contributed by atoms with Gasteiger partial charge in [-0.2, -0.15) is 0 Å². The molecule has 118 valence electrons. The molecule has 0 aromatic heterocycles. The van der Waals surface area contributed by atoms with Crippen LogP contribution in [0.25, 0.3) is 0 Å². The van der Waals surface area contributed by atoms with E-state index in [-0.39, 0.29) is 0 Å². The maximum atomic E-state index is 10.1. The second-order valence-electron chi connectivity index (χ2n) is 8.21. The molecule has 0 aromatic carbocycles. The molecule has 1 saturated carbocycles. The smallest absolute Gasteiger partial charge is 0.0758 e. The highest BCUT2D eigenvalue weighted by molar-refractivity contribution is 4.93. The molecule has 3 heteroatoms. The number of nitrogens with one attached hydrogen (secondary N) is 1. The van der Waals surface area contributed by atoms with Crippen LogP contribution in [-0.4, -0.2) is 47.8 Å². The molecule has 1 aliphatic heterocycles. The predicted octanol–water partition coefficient (Wildman–Crippen LogP) is 2.64. The summed E-state index contributed by atoms with van der Waals surface area (Å²) < 4.78 is 0. The van der Waals surface area contributed by atoms with Crippen molar-refractivity contribution in [3.8, 4) is 0 Å². The van der Waals surface area contributed by atoms with Crippen molar-refractivity contribution in [2.75, 3.05) is 26.2 Å². The topological polar surface area (TPSA) is 35.5 Å². The van der Waals surface area contributed by atoms with Crippen molar-refractivity contribution in [2.45, 2.75) is 71.4 Å². The Labute approximate surface area is 125 Å². The van der Waals surface area contributed by atoms with Gasteiger partial charge in [0.05, 0.1) is 5.60 Å². The molecular formula is C17H34N2O. The molecule has 0 aromatic rings. The molecule has 3 unspecified atom stereocenters. The quantitative estimate of drug-likeness (QED) is 0.814. The monoisotopic (exact) mass is 282 g/mol. The molecular weight excluding hydrogens is 248 g/mol. The van der Waals surface area contributed by atoms with E-state index in [0.29, 0.717) is 11.5 Å². The molecule has 3 nitrogen and oxygen atoms in total. The molecule has 2 rings (SSSR count). The van der Waals surface area contributed by atoms with Gasteiger partial charge in [0.25, 0.3) is 0 Å². The number of hydrogen-bond donors (Lipinski definition) is 2. The van der Waals surface area contributed by atoms with Crippen LogP contribution < -0.4 is 5.32 Å². The molecule has 0 amide bonds. The Balaban J connectivity index is 1.93. The van der Waals surface area contributed by atoms with Crippen LogP contribution in [0, 0.1) is 11.3 Å². The summed E-state index contributed by atoms with van der Waals surface area (Å²) in [4.78, 5) is 2.48. The van der Waals surface area contributed by atoms with Crippen molar-refractivity contribution in [1.82, 2.24) is 10.2 Å². The van der Waals surface area contributed by atoms with Crippen LogP contribution in [-0.2, 0) is 0 Å². The summed E-state index contributed by atoms with van der Waals surface area (Å²) in [6, 6.07) is 0.675. The predicted molar refractivity (Wildman–Crippen MR) is 84.9 cm³/mol. The fourth-order valence-electron chi connectivity index (χ4n) is 4.05. The van der Waals surface area contributed by atoms with Gasteiger partial charge in [-0.1, -0.05) is 20.8 Å². The molecule has 3 atom stereocenters. The van der Waals surface area contributed by atoms with Crippen molar-refractivity contribution in [1.29, 1.82) is 0 Å². The van der Waals surface area contributed by atoms with E-state index < -0.39 is 5.60 Å². The Kier molecular flexibility index (Phi) is 5.14. The van der Waals surface area contributed by atoms with E-state index in [0.717, 1.165) is 38.5 Å². The zero-order valence-corrected chi connectivity index (χ0v) is 13.9. The van der Waals surface area contributed by atoms with Gasteiger partial charge in [-0.15, -0.1) is 0 Å². The van der Waals surface area contributed by atoms with E-state index in [1.807, 2.05) is 6.92 Å². The first kappa shape index (κ1) is 16.3. The Bertz CT molecular complexity index is 314. The maximum absolute atomic E-state index is 10.1. The van der Waals surface area contributed by atoms with Gasteiger partial charge in [0.1, 0.15) is 0 Å². The Morgan fingerprint density at radius 1 is 1.25 bits per heavy atom. The van der Waals surface area contributed by atoms with Crippen molar-refractivity contribution < 1.29 is 5.11 Å². The summed E-state index contributed by atoms with van der Waals surface area (Å²) in [5.74, 6) is 0.735. The van der Waals surface area contributed by atoms with Crippen LogP contribution in [0.1, 0.15) is 59.8 Å².